The average Bonchev–Trinajstić information content (AvgIpc) is 3.62. The minimum atomic E-state index is -0.435. The largest absolute Gasteiger partial charge is 0.456 e. The van der Waals surface area contributed by atoms with E-state index in [1.165, 1.54) is 0 Å². The minimum absolute atomic E-state index is 0.175. The van der Waals surface area contributed by atoms with Gasteiger partial charge in [0.05, 0.1) is 11.0 Å². The number of hydrogen-bond acceptors (Lipinski definition) is 1. The first-order valence-electron chi connectivity index (χ1n) is 19.5. The lowest BCUT2D eigenvalue weighted by atomic mass is 9.83. The van der Waals surface area contributed by atoms with E-state index in [0.29, 0.717) is 33.4 Å². The van der Waals surface area contributed by atoms with Crippen LogP contribution in [0.3, 0.4) is 0 Å². The monoisotopic (exact) mass is 604 g/mol. The van der Waals surface area contributed by atoms with Crippen LogP contribution in [0.25, 0.3) is 98.4 Å². The summed E-state index contributed by atoms with van der Waals surface area (Å²) in [5.74, 6) is 0. The normalized spacial score (nSPS) is 14.2. The van der Waals surface area contributed by atoms with Crippen molar-refractivity contribution < 1.29 is 15.4 Å². The average molecular weight is 605 g/mol. The molecule has 10 rings (SSSR count). The van der Waals surface area contributed by atoms with Crippen LogP contribution in [-0.2, 0) is 0 Å². The molecule has 0 amide bonds. The van der Waals surface area contributed by atoms with Crippen LogP contribution >= 0.6 is 0 Å². The fraction of sp³-hybridized carbons (Fsp3) is 0. The molecule has 0 saturated carbocycles. The third-order valence-corrected chi connectivity index (χ3v) is 9.29. The molecule has 10 aromatic rings. The second kappa shape index (κ2) is 10.2. The van der Waals surface area contributed by atoms with Gasteiger partial charge >= 0.3 is 0 Å². The summed E-state index contributed by atoms with van der Waals surface area (Å²) in [4.78, 5) is 0. The van der Waals surface area contributed by atoms with E-state index in [0.717, 1.165) is 43.5 Å². The van der Waals surface area contributed by atoms with Crippen molar-refractivity contribution in [2.24, 2.45) is 0 Å². The zero-order valence-corrected chi connectivity index (χ0v) is 25.0. The molecular formula is C46H28O. The molecule has 0 saturated heterocycles. The number of furan rings is 1. The van der Waals surface area contributed by atoms with Crippen LogP contribution in [0.15, 0.2) is 174 Å². The Morgan fingerprint density at radius 1 is 0.383 bits per heavy atom. The third-order valence-electron chi connectivity index (χ3n) is 9.29. The zero-order chi connectivity index (χ0) is 37.9. The van der Waals surface area contributed by atoms with Gasteiger partial charge in [0.15, 0.2) is 0 Å². The van der Waals surface area contributed by atoms with E-state index in [1.807, 2.05) is 109 Å². The Balaban J connectivity index is 1.44. The van der Waals surface area contributed by atoms with Crippen LogP contribution < -0.4 is 0 Å². The molecule has 0 N–H and O–H groups in total. The molecule has 0 fully saturated rings. The lowest BCUT2D eigenvalue weighted by Gasteiger charge is -2.20. The van der Waals surface area contributed by atoms with E-state index in [4.69, 9.17) is 9.90 Å². The lowest BCUT2D eigenvalue weighted by Crippen LogP contribution is -1.93. The van der Waals surface area contributed by atoms with Gasteiger partial charge in [0, 0.05) is 10.8 Å². The maximum absolute atomic E-state index is 9.48. The Bertz CT molecular complexity index is 3230. The molecule has 47 heavy (non-hydrogen) atoms. The molecule has 0 aliphatic rings. The van der Waals surface area contributed by atoms with Crippen molar-refractivity contribution in [3.8, 4) is 33.4 Å². The maximum atomic E-state index is 9.48. The van der Waals surface area contributed by atoms with Crippen molar-refractivity contribution in [1.29, 1.82) is 0 Å². The maximum Gasteiger partial charge on any atom is 0.136 e. The van der Waals surface area contributed by atoms with Gasteiger partial charge in [-0.1, -0.05) is 151 Å². The third kappa shape index (κ3) is 3.90. The van der Waals surface area contributed by atoms with Gasteiger partial charge in [-0.2, -0.15) is 0 Å². The summed E-state index contributed by atoms with van der Waals surface area (Å²) in [5, 5.41) is 6.42. The summed E-state index contributed by atoms with van der Waals surface area (Å²) in [5.41, 5.74) is 4.67. The second-order valence-electron chi connectivity index (χ2n) is 11.8. The molecule has 0 bridgehead atoms. The topological polar surface area (TPSA) is 13.1 Å². The van der Waals surface area contributed by atoms with Crippen molar-refractivity contribution in [3.05, 3.63) is 170 Å². The van der Waals surface area contributed by atoms with E-state index < -0.39 is 24.2 Å². The molecule has 1 aromatic heterocycles. The van der Waals surface area contributed by atoms with E-state index >= 15 is 0 Å². The Labute approximate surface area is 283 Å². The molecule has 0 spiro atoms. The van der Waals surface area contributed by atoms with Crippen molar-refractivity contribution in [3.63, 3.8) is 0 Å². The molecule has 218 valence electrons. The fourth-order valence-electron chi connectivity index (χ4n) is 7.28. The molecule has 0 aliphatic carbocycles. The van der Waals surface area contributed by atoms with Crippen LogP contribution in [0.1, 0.15) is 11.0 Å². The molecule has 1 nitrogen and oxygen atoms in total. The molecule has 9 aromatic carbocycles. The van der Waals surface area contributed by atoms with Crippen molar-refractivity contribution in [1.82, 2.24) is 0 Å². The molecule has 0 aliphatic heterocycles. The zero-order valence-electron chi connectivity index (χ0n) is 33.0. The Hall–Kier alpha value is -6.18. The van der Waals surface area contributed by atoms with Crippen LogP contribution in [-0.4, -0.2) is 0 Å². The predicted molar refractivity (Wildman–Crippen MR) is 200 cm³/mol. The van der Waals surface area contributed by atoms with Crippen LogP contribution in [0.4, 0.5) is 0 Å². The molecule has 1 heterocycles. The number of hydrogen-bond donors (Lipinski definition) is 0. The highest BCUT2D eigenvalue weighted by Gasteiger charge is 2.21. The molecule has 0 unspecified atom stereocenters. The second-order valence-corrected chi connectivity index (χ2v) is 11.8. The van der Waals surface area contributed by atoms with Gasteiger partial charge in [0.2, 0.25) is 0 Å². The summed E-state index contributed by atoms with van der Waals surface area (Å²) in [6, 6.07) is 36.0. The van der Waals surface area contributed by atoms with E-state index in [-0.39, 0.29) is 45.7 Å². The Morgan fingerprint density at radius 3 is 1.72 bits per heavy atom. The van der Waals surface area contributed by atoms with E-state index in [2.05, 4.69) is 12.1 Å². The molecule has 0 radical (unpaired) electrons. The summed E-state index contributed by atoms with van der Waals surface area (Å²) in [7, 11) is 0. The van der Waals surface area contributed by atoms with Gasteiger partial charge in [-0.25, -0.2) is 0 Å². The van der Waals surface area contributed by atoms with Gasteiger partial charge in [0.25, 0.3) is 0 Å². The standard InChI is InChI=1S/C46H28O/c1-2-14-31-28-32(25-24-29(31)12-1)43-37-18-7-9-20-39(37)44(40-21-10-8-19-38(40)43)35-17-6-5-16-34(35)36-22-11-23-41-46(36)45-33-15-4-3-13-30(33)26-27-42(45)47-41/h1-28H/i7D,8D,9D,10D,18D,19D,20D,21D. The van der Waals surface area contributed by atoms with Gasteiger partial charge in [-0.05, 0) is 94.7 Å². The predicted octanol–water partition coefficient (Wildman–Crippen LogP) is 13.2. The first-order valence-corrected chi connectivity index (χ1v) is 15.5. The minimum Gasteiger partial charge on any atom is -0.456 e. The number of rotatable bonds is 3. The molecule has 0 atom stereocenters. The summed E-state index contributed by atoms with van der Waals surface area (Å²) in [6.45, 7) is 0. The van der Waals surface area contributed by atoms with Crippen molar-refractivity contribution in [2.75, 3.05) is 0 Å². The van der Waals surface area contributed by atoms with Crippen LogP contribution in [0, 0.1) is 0 Å². The van der Waals surface area contributed by atoms with Gasteiger partial charge in [0.1, 0.15) is 11.2 Å². The van der Waals surface area contributed by atoms with E-state index in [1.54, 1.807) is 0 Å². The smallest absolute Gasteiger partial charge is 0.136 e. The highest BCUT2D eigenvalue weighted by Crippen LogP contribution is 2.48. The fourth-order valence-corrected chi connectivity index (χ4v) is 7.28. The van der Waals surface area contributed by atoms with Crippen LogP contribution in [0.2, 0.25) is 0 Å². The SMILES string of the molecule is [2H]c1c([2H])c([2H])c2c(-c3ccccc3-c3cccc4oc5ccc6ccccc6c5c34)c3c([2H])c([2H])c([2H])c([2H])c3c(-c3ccc4ccccc4c3)c2c1[2H]. The Kier molecular flexibility index (Phi) is 4.19. The Morgan fingerprint density at radius 2 is 0.957 bits per heavy atom. The summed E-state index contributed by atoms with van der Waals surface area (Å²) >= 11 is 0. The number of benzene rings is 9. The van der Waals surface area contributed by atoms with Gasteiger partial charge in [-0.3, -0.25) is 0 Å². The van der Waals surface area contributed by atoms with Gasteiger partial charge < -0.3 is 4.42 Å². The molecule has 1 heteroatoms. The summed E-state index contributed by atoms with van der Waals surface area (Å²) < 4.78 is 79.7. The van der Waals surface area contributed by atoms with Crippen LogP contribution in [0.5, 0.6) is 0 Å². The van der Waals surface area contributed by atoms with E-state index in [9.17, 15) is 5.48 Å². The lowest BCUT2D eigenvalue weighted by molar-refractivity contribution is 0.669. The van der Waals surface area contributed by atoms with Crippen molar-refractivity contribution >= 4 is 65.0 Å². The first-order chi connectivity index (χ1) is 26.7. The number of fused-ring (bicyclic) bond motifs is 8. The summed E-state index contributed by atoms with van der Waals surface area (Å²) in [6.07, 6.45) is 0. The highest BCUT2D eigenvalue weighted by molar-refractivity contribution is 6.26. The van der Waals surface area contributed by atoms with Crippen molar-refractivity contribution in [2.45, 2.75) is 0 Å². The highest BCUT2D eigenvalue weighted by atomic mass is 16.3. The quantitative estimate of drug-likeness (QED) is 0.183. The van der Waals surface area contributed by atoms with Gasteiger partial charge in [-0.15, -0.1) is 0 Å². The first kappa shape index (κ1) is 19.4. The molecular weight excluding hydrogens is 569 g/mol.